The molecular weight excluding hydrogens is 399 g/mol. The van der Waals surface area contributed by atoms with Gasteiger partial charge in [-0.05, 0) is 49.1 Å². The number of aryl methyl sites for hydroxylation is 1. The van der Waals surface area contributed by atoms with Gasteiger partial charge in [0.05, 0.1) is 15.6 Å². The third kappa shape index (κ3) is 2.98. The zero-order valence-electron chi connectivity index (χ0n) is 13.3. The van der Waals surface area contributed by atoms with Crippen LogP contribution in [-0.4, -0.2) is 5.97 Å². The number of rotatable bonds is 2. The van der Waals surface area contributed by atoms with Crippen molar-refractivity contribution in [1.29, 1.82) is 0 Å². The molecule has 1 aliphatic carbocycles. The summed E-state index contributed by atoms with van der Waals surface area (Å²) in [6.45, 7) is 0. The van der Waals surface area contributed by atoms with E-state index in [0.717, 1.165) is 23.8 Å². The molecule has 0 N–H and O–H groups in total. The molecule has 0 saturated heterocycles. The summed E-state index contributed by atoms with van der Waals surface area (Å²) < 4.78 is 10.7. The summed E-state index contributed by atoms with van der Waals surface area (Å²) >= 11 is 18.2. The van der Waals surface area contributed by atoms with E-state index in [4.69, 9.17) is 44.0 Å². The Bertz CT molecular complexity index is 1120. The first-order chi connectivity index (χ1) is 12.4. The van der Waals surface area contributed by atoms with Gasteiger partial charge in [0.1, 0.15) is 5.58 Å². The number of esters is 1. The molecule has 132 valence electrons. The first kappa shape index (κ1) is 17.4. The Hall–Kier alpha value is -2.01. The monoisotopic (exact) mass is 408 g/mol. The van der Waals surface area contributed by atoms with Crippen molar-refractivity contribution in [3.05, 3.63) is 72.5 Å². The molecule has 1 aromatic heterocycles. The molecule has 0 spiro atoms. The Kier molecular flexibility index (Phi) is 4.43. The molecule has 26 heavy (non-hydrogen) atoms. The van der Waals surface area contributed by atoms with E-state index < -0.39 is 5.97 Å². The highest BCUT2D eigenvalue weighted by Crippen LogP contribution is 2.35. The maximum absolute atomic E-state index is 12.4. The number of hydrogen-bond donors (Lipinski definition) is 0. The molecule has 2 aromatic carbocycles. The summed E-state index contributed by atoms with van der Waals surface area (Å²) in [7, 11) is 0. The fourth-order valence-corrected chi connectivity index (χ4v) is 3.86. The summed E-state index contributed by atoms with van der Waals surface area (Å²) in [5, 5.41) is 1.60. The molecule has 0 saturated carbocycles. The highest BCUT2D eigenvalue weighted by molar-refractivity contribution is 6.36. The lowest BCUT2D eigenvalue weighted by molar-refractivity contribution is 0.0735. The van der Waals surface area contributed by atoms with Gasteiger partial charge in [0.15, 0.2) is 5.75 Å². The van der Waals surface area contributed by atoms with Crippen LogP contribution in [-0.2, 0) is 12.8 Å². The average Bonchev–Trinajstić information content (AvgIpc) is 3.07. The Morgan fingerprint density at radius 2 is 1.77 bits per heavy atom. The fourth-order valence-electron chi connectivity index (χ4n) is 3.17. The second-order valence-electron chi connectivity index (χ2n) is 5.99. The SMILES string of the molecule is O=C(Oc1cc2oc(=O)c3c(c2cc1Cl)CCC3)c1ccc(Cl)cc1Cl. The summed E-state index contributed by atoms with van der Waals surface area (Å²) in [6.07, 6.45) is 2.41. The Morgan fingerprint density at radius 1 is 1.00 bits per heavy atom. The molecule has 0 atom stereocenters. The van der Waals surface area contributed by atoms with Crippen molar-refractivity contribution in [3.8, 4) is 5.75 Å². The molecule has 0 radical (unpaired) electrons. The van der Waals surface area contributed by atoms with E-state index in [1.807, 2.05) is 0 Å². The van der Waals surface area contributed by atoms with Gasteiger partial charge in [0.25, 0.3) is 0 Å². The Labute approximate surface area is 163 Å². The molecule has 1 heterocycles. The zero-order chi connectivity index (χ0) is 18.4. The highest BCUT2D eigenvalue weighted by Gasteiger charge is 2.22. The van der Waals surface area contributed by atoms with Gasteiger partial charge in [0.2, 0.25) is 0 Å². The largest absolute Gasteiger partial charge is 0.422 e. The fraction of sp³-hybridized carbons (Fsp3) is 0.158. The quantitative estimate of drug-likeness (QED) is 0.320. The third-order valence-corrected chi connectivity index (χ3v) is 5.22. The maximum Gasteiger partial charge on any atom is 0.345 e. The van der Waals surface area contributed by atoms with Crippen molar-refractivity contribution in [2.45, 2.75) is 19.3 Å². The second-order valence-corrected chi connectivity index (χ2v) is 7.24. The minimum Gasteiger partial charge on any atom is -0.422 e. The lowest BCUT2D eigenvalue weighted by Crippen LogP contribution is -2.10. The molecule has 0 fully saturated rings. The van der Waals surface area contributed by atoms with Gasteiger partial charge in [-0.1, -0.05) is 34.8 Å². The van der Waals surface area contributed by atoms with E-state index in [9.17, 15) is 9.59 Å². The van der Waals surface area contributed by atoms with Crippen molar-refractivity contribution in [1.82, 2.24) is 0 Å². The van der Waals surface area contributed by atoms with E-state index in [0.29, 0.717) is 22.6 Å². The molecule has 1 aliphatic rings. The van der Waals surface area contributed by atoms with Crippen LogP contribution in [0.4, 0.5) is 0 Å². The molecule has 0 bridgehead atoms. The standard InChI is InChI=1S/C19H11Cl3O4/c20-9-4-5-12(14(21)6-9)19(24)26-17-8-16-13(7-15(17)22)10-2-1-3-11(10)18(23)25-16/h4-8H,1-3H2. The predicted octanol–water partition coefficient (Wildman–Crippen LogP) is 5.46. The van der Waals surface area contributed by atoms with Crippen LogP contribution in [0.2, 0.25) is 15.1 Å². The topological polar surface area (TPSA) is 56.5 Å². The van der Waals surface area contributed by atoms with Crippen LogP contribution in [0.3, 0.4) is 0 Å². The van der Waals surface area contributed by atoms with E-state index in [1.54, 1.807) is 6.07 Å². The van der Waals surface area contributed by atoms with Crippen LogP contribution in [0.15, 0.2) is 39.5 Å². The number of halogens is 3. The van der Waals surface area contributed by atoms with Crippen LogP contribution in [0, 0.1) is 0 Å². The second kappa shape index (κ2) is 6.62. The van der Waals surface area contributed by atoms with Gasteiger partial charge < -0.3 is 9.15 Å². The molecule has 0 unspecified atom stereocenters. The summed E-state index contributed by atoms with van der Waals surface area (Å²) in [6, 6.07) is 7.57. The lowest BCUT2D eigenvalue weighted by atomic mass is 10.1. The van der Waals surface area contributed by atoms with E-state index in [2.05, 4.69) is 0 Å². The summed E-state index contributed by atoms with van der Waals surface area (Å²) in [5.74, 6) is -0.590. The predicted molar refractivity (Wildman–Crippen MR) is 101 cm³/mol. The molecule has 0 aliphatic heterocycles. The van der Waals surface area contributed by atoms with Crippen molar-refractivity contribution >= 4 is 51.7 Å². The molecule has 3 aromatic rings. The molecule has 4 nitrogen and oxygen atoms in total. The maximum atomic E-state index is 12.4. The molecule has 7 heteroatoms. The normalized spacial score (nSPS) is 13.0. The van der Waals surface area contributed by atoms with E-state index in [-0.39, 0.29) is 27.0 Å². The average molecular weight is 410 g/mol. The first-order valence-electron chi connectivity index (χ1n) is 7.89. The van der Waals surface area contributed by atoms with Gasteiger partial charge in [0, 0.05) is 22.0 Å². The molecule has 0 amide bonds. The zero-order valence-corrected chi connectivity index (χ0v) is 15.5. The van der Waals surface area contributed by atoms with Crippen molar-refractivity contribution in [3.63, 3.8) is 0 Å². The van der Waals surface area contributed by atoms with E-state index in [1.165, 1.54) is 24.3 Å². The molecule has 4 rings (SSSR count). The third-order valence-electron chi connectivity index (χ3n) is 4.38. The van der Waals surface area contributed by atoms with Crippen molar-refractivity contribution < 1.29 is 13.9 Å². The van der Waals surface area contributed by atoms with Crippen LogP contribution in [0.25, 0.3) is 11.0 Å². The van der Waals surface area contributed by atoms with Crippen LogP contribution >= 0.6 is 34.8 Å². The molecular formula is C19H11Cl3O4. The van der Waals surface area contributed by atoms with Crippen LogP contribution in [0.5, 0.6) is 5.75 Å². The van der Waals surface area contributed by atoms with E-state index >= 15 is 0 Å². The number of benzene rings is 2. The number of fused-ring (bicyclic) bond motifs is 3. The van der Waals surface area contributed by atoms with Gasteiger partial charge in [-0.15, -0.1) is 0 Å². The minimum absolute atomic E-state index is 0.0938. The summed E-state index contributed by atoms with van der Waals surface area (Å²) in [5.41, 5.74) is 1.79. The van der Waals surface area contributed by atoms with Crippen LogP contribution < -0.4 is 10.4 Å². The Balaban J connectivity index is 1.75. The number of carbonyl (C=O) groups is 1. The smallest absolute Gasteiger partial charge is 0.345 e. The minimum atomic E-state index is -0.684. The first-order valence-corrected chi connectivity index (χ1v) is 9.03. The number of carbonyl (C=O) groups excluding carboxylic acids is 1. The van der Waals surface area contributed by atoms with Crippen molar-refractivity contribution in [2.75, 3.05) is 0 Å². The van der Waals surface area contributed by atoms with Gasteiger partial charge >= 0.3 is 11.6 Å². The van der Waals surface area contributed by atoms with Crippen LogP contribution in [0.1, 0.15) is 27.9 Å². The lowest BCUT2D eigenvalue weighted by Gasteiger charge is -2.10. The number of ether oxygens (including phenoxy) is 1. The number of hydrogen-bond acceptors (Lipinski definition) is 4. The van der Waals surface area contributed by atoms with Gasteiger partial charge in [-0.2, -0.15) is 0 Å². The van der Waals surface area contributed by atoms with Gasteiger partial charge in [-0.25, -0.2) is 9.59 Å². The van der Waals surface area contributed by atoms with Gasteiger partial charge in [-0.3, -0.25) is 0 Å². The van der Waals surface area contributed by atoms with Crippen molar-refractivity contribution in [2.24, 2.45) is 0 Å². The summed E-state index contributed by atoms with van der Waals surface area (Å²) in [4.78, 5) is 24.5. The Morgan fingerprint density at radius 3 is 2.54 bits per heavy atom. The highest BCUT2D eigenvalue weighted by atomic mass is 35.5.